The molecule has 4 heteroatoms. The van der Waals surface area contributed by atoms with Crippen LogP contribution in [0.4, 0.5) is 0 Å². The molecule has 1 spiro atoms. The van der Waals surface area contributed by atoms with Crippen LogP contribution in [0.3, 0.4) is 0 Å². The molecule has 0 N–H and O–H groups in total. The van der Waals surface area contributed by atoms with Crippen LogP contribution in [-0.2, 0) is 4.84 Å². The van der Waals surface area contributed by atoms with Gasteiger partial charge in [0.2, 0.25) is 0 Å². The van der Waals surface area contributed by atoms with E-state index in [1.165, 1.54) is 13.0 Å². The number of likely N-dealkylation sites (tertiary alicyclic amines) is 1. The average molecular weight is 247 g/mol. The van der Waals surface area contributed by atoms with Gasteiger partial charge in [-0.05, 0) is 41.9 Å². The van der Waals surface area contributed by atoms with Crippen molar-refractivity contribution in [2.24, 2.45) is 5.16 Å². The Balaban J connectivity index is 2.00. The number of halogens is 1. The minimum absolute atomic E-state index is 0.00685. The van der Waals surface area contributed by atoms with Gasteiger partial charge in [-0.1, -0.05) is 12.1 Å². The first-order chi connectivity index (χ1) is 6.24. The van der Waals surface area contributed by atoms with Gasteiger partial charge in [-0.15, -0.1) is 0 Å². The van der Waals surface area contributed by atoms with Gasteiger partial charge in [-0.25, -0.2) is 0 Å². The number of nitrogens with zero attached hydrogens (tertiary/aromatic N) is 2. The van der Waals surface area contributed by atoms with Gasteiger partial charge in [0.1, 0.15) is 4.62 Å². The smallest absolute Gasteiger partial charge is 0.156 e. The Labute approximate surface area is 87.2 Å². The molecule has 0 bridgehead atoms. The van der Waals surface area contributed by atoms with Crippen molar-refractivity contribution in [3.63, 3.8) is 0 Å². The van der Waals surface area contributed by atoms with Gasteiger partial charge in [0.25, 0.3) is 0 Å². The highest BCUT2D eigenvalue weighted by Crippen LogP contribution is 2.34. The Hall–Kier alpha value is -0.0900. The van der Waals surface area contributed by atoms with Gasteiger partial charge in [-0.2, -0.15) is 0 Å². The first kappa shape index (κ1) is 9.46. The Bertz CT molecular complexity index is 232. The van der Waals surface area contributed by atoms with Gasteiger partial charge in [0.15, 0.2) is 5.60 Å². The van der Waals surface area contributed by atoms with Crippen molar-refractivity contribution < 1.29 is 4.84 Å². The number of hydrogen-bond acceptors (Lipinski definition) is 3. The third-order valence-electron chi connectivity index (χ3n) is 2.87. The van der Waals surface area contributed by atoms with Crippen molar-refractivity contribution >= 4 is 20.6 Å². The fourth-order valence-electron chi connectivity index (χ4n) is 2.16. The van der Waals surface area contributed by atoms with Gasteiger partial charge < -0.3 is 4.84 Å². The Morgan fingerprint density at radius 3 is 3.15 bits per heavy atom. The number of piperidine rings is 1. The molecule has 1 atom stereocenters. The lowest BCUT2D eigenvalue weighted by Crippen LogP contribution is -2.47. The van der Waals surface area contributed by atoms with Crippen LogP contribution in [0, 0.1) is 0 Å². The molecule has 3 nitrogen and oxygen atoms in total. The lowest BCUT2D eigenvalue weighted by molar-refractivity contribution is -0.0674. The standard InChI is InChI=1S/C9H15BrN2O/c1-2-12-5-3-4-9(7-12)6-8(10)11-13-9/h2-7H2,1H3. The zero-order valence-corrected chi connectivity index (χ0v) is 9.51. The lowest BCUT2D eigenvalue weighted by Gasteiger charge is -2.37. The summed E-state index contributed by atoms with van der Waals surface area (Å²) in [5, 5.41) is 3.99. The summed E-state index contributed by atoms with van der Waals surface area (Å²) in [4.78, 5) is 7.96. The van der Waals surface area contributed by atoms with Crippen molar-refractivity contribution in [3.05, 3.63) is 0 Å². The summed E-state index contributed by atoms with van der Waals surface area (Å²) in [6.07, 6.45) is 3.31. The first-order valence-electron chi connectivity index (χ1n) is 4.87. The van der Waals surface area contributed by atoms with Gasteiger partial charge in [0.05, 0.1) is 0 Å². The highest BCUT2D eigenvalue weighted by molar-refractivity contribution is 9.18. The monoisotopic (exact) mass is 246 g/mol. The highest BCUT2D eigenvalue weighted by atomic mass is 79.9. The Kier molecular flexibility index (Phi) is 2.60. The molecule has 74 valence electrons. The number of oxime groups is 1. The van der Waals surface area contributed by atoms with Crippen molar-refractivity contribution in [1.29, 1.82) is 0 Å². The summed E-state index contributed by atoms with van der Waals surface area (Å²) < 4.78 is 0.963. The second kappa shape index (κ2) is 3.58. The quantitative estimate of drug-likeness (QED) is 0.707. The molecule has 0 aliphatic carbocycles. The SMILES string of the molecule is CCN1CCCC2(CC(Br)=NO2)C1. The van der Waals surface area contributed by atoms with E-state index in [2.05, 4.69) is 32.9 Å². The summed E-state index contributed by atoms with van der Waals surface area (Å²) in [6, 6.07) is 0. The lowest BCUT2D eigenvalue weighted by atomic mass is 9.90. The Morgan fingerprint density at radius 2 is 2.54 bits per heavy atom. The van der Waals surface area contributed by atoms with Gasteiger partial charge in [0, 0.05) is 13.0 Å². The molecule has 0 saturated carbocycles. The van der Waals surface area contributed by atoms with Crippen LogP contribution in [0.2, 0.25) is 0 Å². The number of hydrogen-bond donors (Lipinski definition) is 0. The maximum atomic E-state index is 5.53. The van der Waals surface area contributed by atoms with E-state index < -0.39 is 0 Å². The Morgan fingerprint density at radius 1 is 1.69 bits per heavy atom. The minimum atomic E-state index is -0.00685. The third-order valence-corrected chi connectivity index (χ3v) is 3.30. The summed E-state index contributed by atoms with van der Waals surface area (Å²) in [6.45, 7) is 5.55. The van der Waals surface area contributed by atoms with Crippen LogP contribution in [0.5, 0.6) is 0 Å². The van der Waals surface area contributed by atoms with E-state index >= 15 is 0 Å². The molecular weight excluding hydrogens is 232 g/mol. The van der Waals surface area contributed by atoms with Crippen LogP contribution in [0.25, 0.3) is 0 Å². The van der Waals surface area contributed by atoms with E-state index in [0.717, 1.165) is 30.6 Å². The van der Waals surface area contributed by atoms with Crippen LogP contribution >= 0.6 is 15.9 Å². The molecule has 0 radical (unpaired) electrons. The van der Waals surface area contributed by atoms with E-state index in [-0.39, 0.29) is 5.60 Å². The van der Waals surface area contributed by atoms with Crippen molar-refractivity contribution in [3.8, 4) is 0 Å². The fourth-order valence-corrected chi connectivity index (χ4v) is 2.74. The second-order valence-corrected chi connectivity index (χ2v) is 4.81. The van der Waals surface area contributed by atoms with Crippen LogP contribution < -0.4 is 0 Å². The first-order valence-corrected chi connectivity index (χ1v) is 5.66. The van der Waals surface area contributed by atoms with Crippen LogP contribution in [0.1, 0.15) is 26.2 Å². The molecule has 0 aromatic rings. The summed E-state index contributed by atoms with van der Waals surface area (Å²) in [5.41, 5.74) is -0.00685. The van der Waals surface area contributed by atoms with E-state index in [0.29, 0.717) is 0 Å². The fraction of sp³-hybridized carbons (Fsp3) is 0.889. The molecule has 2 aliphatic rings. The molecular formula is C9H15BrN2O. The van der Waals surface area contributed by atoms with Crippen LogP contribution in [-0.4, -0.2) is 34.8 Å². The van der Waals surface area contributed by atoms with Crippen molar-refractivity contribution in [2.75, 3.05) is 19.6 Å². The van der Waals surface area contributed by atoms with E-state index in [4.69, 9.17) is 4.84 Å². The average Bonchev–Trinajstić information content (AvgIpc) is 2.47. The predicted octanol–water partition coefficient (Wildman–Crippen LogP) is 1.97. The summed E-state index contributed by atoms with van der Waals surface area (Å²) in [5.74, 6) is 0. The number of rotatable bonds is 1. The highest BCUT2D eigenvalue weighted by Gasteiger charge is 2.41. The maximum absolute atomic E-state index is 5.53. The maximum Gasteiger partial charge on any atom is 0.156 e. The van der Waals surface area contributed by atoms with E-state index in [1.54, 1.807) is 0 Å². The third kappa shape index (κ3) is 1.89. The minimum Gasteiger partial charge on any atom is -0.387 e. The predicted molar refractivity (Wildman–Crippen MR) is 56.1 cm³/mol. The van der Waals surface area contributed by atoms with E-state index in [1.807, 2.05) is 0 Å². The molecule has 2 heterocycles. The molecule has 1 fully saturated rings. The zero-order valence-electron chi connectivity index (χ0n) is 7.92. The molecule has 2 aliphatic heterocycles. The topological polar surface area (TPSA) is 24.8 Å². The van der Waals surface area contributed by atoms with Crippen molar-refractivity contribution in [1.82, 2.24) is 4.90 Å². The van der Waals surface area contributed by atoms with Gasteiger partial charge >= 0.3 is 0 Å². The molecule has 1 saturated heterocycles. The van der Waals surface area contributed by atoms with Crippen molar-refractivity contribution in [2.45, 2.75) is 31.8 Å². The second-order valence-electron chi connectivity index (χ2n) is 3.89. The molecule has 0 aromatic carbocycles. The van der Waals surface area contributed by atoms with Crippen LogP contribution in [0.15, 0.2) is 5.16 Å². The van der Waals surface area contributed by atoms with E-state index in [9.17, 15) is 0 Å². The zero-order chi connectivity index (χ0) is 9.31. The number of likely N-dealkylation sites (N-methyl/N-ethyl adjacent to an activating group) is 1. The summed E-state index contributed by atoms with van der Waals surface area (Å²) >= 11 is 3.40. The largest absolute Gasteiger partial charge is 0.387 e. The normalized spacial score (nSPS) is 34.8. The molecule has 1 unspecified atom stereocenters. The molecule has 2 rings (SSSR count). The molecule has 0 aromatic heterocycles. The summed E-state index contributed by atoms with van der Waals surface area (Å²) in [7, 11) is 0. The van der Waals surface area contributed by atoms with Gasteiger partial charge in [-0.3, -0.25) is 4.90 Å². The molecule has 0 amide bonds. The molecule has 13 heavy (non-hydrogen) atoms.